The zero-order valence-corrected chi connectivity index (χ0v) is 8.51. The van der Waals surface area contributed by atoms with Gasteiger partial charge in [-0.15, -0.1) is 0 Å². The fourth-order valence-electron chi connectivity index (χ4n) is 1.05. The third-order valence-corrected chi connectivity index (χ3v) is 2.39. The fraction of sp³-hybridized carbons (Fsp3) is 0.111. The minimum Gasteiger partial charge on any atom is -0.367 e. The van der Waals surface area contributed by atoms with Crippen LogP contribution in [0, 0.1) is 6.92 Å². The molecule has 0 aliphatic rings. The Morgan fingerprint density at radius 3 is 2.57 bits per heavy atom. The molecular formula is C9H10N4S. The maximum absolute atomic E-state index is 5.40. The Morgan fingerprint density at radius 1 is 1.29 bits per heavy atom. The van der Waals surface area contributed by atoms with Gasteiger partial charge in [0.05, 0.1) is 0 Å². The molecule has 0 saturated heterocycles. The predicted molar refractivity (Wildman–Crippen MR) is 58.8 cm³/mol. The molecule has 1 aromatic carbocycles. The number of rotatable bonds is 2. The first-order valence-corrected chi connectivity index (χ1v) is 4.94. The van der Waals surface area contributed by atoms with E-state index in [1.54, 1.807) is 0 Å². The highest BCUT2D eigenvalue weighted by molar-refractivity contribution is 7.10. The molecule has 1 aromatic heterocycles. The molecule has 0 aliphatic heterocycles. The molecule has 2 aromatic rings. The quantitative estimate of drug-likeness (QED) is 0.790. The Labute approximate surface area is 86.0 Å². The van der Waals surface area contributed by atoms with Crippen LogP contribution in [0.25, 0.3) is 0 Å². The summed E-state index contributed by atoms with van der Waals surface area (Å²) >= 11 is 1.25. The fourth-order valence-corrected chi connectivity index (χ4v) is 1.56. The summed E-state index contributed by atoms with van der Waals surface area (Å²) in [5, 5.41) is 3.83. The number of benzene rings is 1. The van der Waals surface area contributed by atoms with Gasteiger partial charge in [-0.05, 0) is 19.1 Å². The molecular weight excluding hydrogens is 196 g/mol. The van der Waals surface area contributed by atoms with Crippen molar-refractivity contribution < 1.29 is 0 Å². The van der Waals surface area contributed by atoms with Crippen molar-refractivity contribution in [1.82, 2.24) is 9.36 Å². The van der Waals surface area contributed by atoms with E-state index in [-0.39, 0.29) is 0 Å². The minimum atomic E-state index is 0.310. The average Bonchev–Trinajstić information content (AvgIpc) is 2.56. The maximum Gasteiger partial charge on any atom is 0.233 e. The Hall–Kier alpha value is -1.62. The highest BCUT2D eigenvalue weighted by atomic mass is 32.1. The van der Waals surface area contributed by atoms with Crippen LogP contribution in [0.5, 0.6) is 0 Å². The second kappa shape index (κ2) is 3.63. The number of nitrogens with one attached hydrogen (secondary N) is 1. The van der Waals surface area contributed by atoms with Crippen LogP contribution in [0.15, 0.2) is 24.3 Å². The third kappa shape index (κ3) is 2.00. The normalized spacial score (nSPS) is 10.1. The zero-order chi connectivity index (χ0) is 9.97. The van der Waals surface area contributed by atoms with Gasteiger partial charge >= 0.3 is 0 Å². The van der Waals surface area contributed by atoms with Gasteiger partial charge in [0.25, 0.3) is 0 Å². The molecule has 0 radical (unpaired) electrons. The number of nitrogens with two attached hydrogens (primary N) is 1. The van der Waals surface area contributed by atoms with Crippen LogP contribution in [0.4, 0.5) is 16.8 Å². The summed E-state index contributed by atoms with van der Waals surface area (Å²) in [4.78, 5) is 4.00. The van der Waals surface area contributed by atoms with Gasteiger partial charge in [-0.3, -0.25) is 0 Å². The van der Waals surface area contributed by atoms with E-state index in [9.17, 15) is 0 Å². The molecule has 4 nitrogen and oxygen atoms in total. The van der Waals surface area contributed by atoms with Crippen molar-refractivity contribution in [3.05, 3.63) is 29.8 Å². The van der Waals surface area contributed by atoms with Gasteiger partial charge in [-0.25, -0.2) is 0 Å². The Bertz CT molecular complexity index is 421. The predicted octanol–water partition coefficient (Wildman–Crippen LogP) is 2.17. The average molecular weight is 206 g/mol. The molecule has 0 spiro atoms. The van der Waals surface area contributed by atoms with E-state index in [1.165, 1.54) is 17.1 Å². The van der Waals surface area contributed by atoms with Gasteiger partial charge in [0.2, 0.25) is 11.1 Å². The standard InChI is InChI=1S/C9H10N4S/c1-6-2-4-7(5-3-6)11-9-12-8(10)13-14-9/h2-5H,1H3,(H3,10,11,12,13). The molecule has 0 atom stereocenters. The number of anilines is 3. The van der Waals surface area contributed by atoms with Gasteiger partial charge < -0.3 is 11.1 Å². The Morgan fingerprint density at radius 2 is 2.00 bits per heavy atom. The van der Waals surface area contributed by atoms with Crippen molar-refractivity contribution >= 4 is 28.3 Å². The summed E-state index contributed by atoms with van der Waals surface area (Å²) in [5.74, 6) is 0.310. The van der Waals surface area contributed by atoms with E-state index in [0.29, 0.717) is 11.1 Å². The van der Waals surface area contributed by atoms with Crippen molar-refractivity contribution in [3.63, 3.8) is 0 Å². The lowest BCUT2D eigenvalue weighted by atomic mass is 10.2. The minimum absolute atomic E-state index is 0.310. The SMILES string of the molecule is Cc1ccc(Nc2nc(N)ns2)cc1. The van der Waals surface area contributed by atoms with E-state index in [0.717, 1.165) is 5.69 Å². The summed E-state index contributed by atoms with van der Waals surface area (Å²) < 4.78 is 3.88. The number of hydrogen-bond acceptors (Lipinski definition) is 5. The number of aryl methyl sites for hydroxylation is 1. The molecule has 0 amide bonds. The first-order valence-electron chi connectivity index (χ1n) is 4.17. The third-order valence-electron chi connectivity index (χ3n) is 1.74. The highest BCUT2D eigenvalue weighted by Gasteiger charge is 1.99. The molecule has 1 heterocycles. The monoisotopic (exact) mass is 206 g/mol. The number of aromatic nitrogens is 2. The van der Waals surface area contributed by atoms with Crippen LogP contribution in [-0.4, -0.2) is 9.36 Å². The second-order valence-corrected chi connectivity index (χ2v) is 3.70. The summed E-state index contributed by atoms with van der Waals surface area (Å²) in [7, 11) is 0. The Balaban J connectivity index is 2.15. The molecule has 5 heteroatoms. The van der Waals surface area contributed by atoms with Crippen molar-refractivity contribution in [2.24, 2.45) is 0 Å². The first-order chi connectivity index (χ1) is 6.74. The van der Waals surface area contributed by atoms with Gasteiger partial charge in [0.1, 0.15) is 0 Å². The van der Waals surface area contributed by atoms with Crippen molar-refractivity contribution in [2.45, 2.75) is 6.92 Å². The number of nitrogens with zero attached hydrogens (tertiary/aromatic N) is 2. The van der Waals surface area contributed by atoms with Crippen LogP contribution in [0.1, 0.15) is 5.56 Å². The molecule has 0 unspecified atom stereocenters. The maximum atomic E-state index is 5.40. The zero-order valence-electron chi connectivity index (χ0n) is 7.69. The van der Waals surface area contributed by atoms with E-state index in [4.69, 9.17) is 5.73 Å². The summed E-state index contributed by atoms with van der Waals surface area (Å²) in [6.07, 6.45) is 0. The molecule has 72 valence electrons. The molecule has 14 heavy (non-hydrogen) atoms. The van der Waals surface area contributed by atoms with Crippen molar-refractivity contribution in [1.29, 1.82) is 0 Å². The molecule has 0 fully saturated rings. The van der Waals surface area contributed by atoms with Crippen LogP contribution in [-0.2, 0) is 0 Å². The number of nitrogen functional groups attached to an aromatic ring is 1. The van der Waals surface area contributed by atoms with Gasteiger partial charge in [-0.2, -0.15) is 9.36 Å². The van der Waals surface area contributed by atoms with E-state index in [2.05, 4.69) is 14.7 Å². The molecule has 2 rings (SSSR count). The second-order valence-electron chi connectivity index (χ2n) is 2.95. The topological polar surface area (TPSA) is 63.8 Å². The summed E-state index contributed by atoms with van der Waals surface area (Å²) in [6, 6.07) is 8.05. The van der Waals surface area contributed by atoms with Crippen molar-refractivity contribution in [2.75, 3.05) is 11.1 Å². The molecule has 0 saturated carbocycles. The lowest BCUT2D eigenvalue weighted by molar-refractivity contribution is 1.33. The van der Waals surface area contributed by atoms with Crippen LogP contribution >= 0.6 is 11.5 Å². The first kappa shape index (κ1) is 8.96. The van der Waals surface area contributed by atoms with E-state index in [1.807, 2.05) is 31.2 Å². The van der Waals surface area contributed by atoms with Crippen LogP contribution in [0.2, 0.25) is 0 Å². The van der Waals surface area contributed by atoms with Crippen molar-refractivity contribution in [3.8, 4) is 0 Å². The van der Waals surface area contributed by atoms with Gasteiger partial charge in [0, 0.05) is 17.2 Å². The highest BCUT2D eigenvalue weighted by Crippen LogP contribution is 2.19. The Kier molecular flexibility index (Phi) is 2.32. The largest absolute Gasteiger partial charge is 0.367 e. The van der Waals surface area contributed by atoms with Crippen LogP contribution in [0.3, 0.4) is 0 Å². The number of hydrogen-bond donors (Lipinski definition) is 2. The molecule has 3 N–H and O–H groups in total. The van der Waals surface area contributed by atoms with Crippen LogP contribution < -0.4 is 11.1 Å². The summed E-state index contributed by atoms with van der Waals surface area (Å²) in [6.45, 7) is 2.05. The van der Waals surface area contributed by atoms with Gasteiger partial charge in [0.15, 0.2) is 0 Å². The smallest absolute Gasteiger partial charge is 0.233 e. The van der Waals surface area contributed by atoms with E-state index >= 15 is 0 Å². The molecule has 0 bridgehead atoms. The summed E-state index contributed by atoms with van der Waals surface area (Å²) in [5.41, 5.74) is 7.63. The van der Waals surface area contributed by atoms with Gasteiger partial charge in [-0.1, -0.05) is 17.7 Å². The lowest BCUT2D eigenvalue weighted by Crippen LogP contribution is -1.90. The van der Waals surface area contributed by atoms with E-state index < -0.39 is 0 Å². The molecule has 0 aliphatic carbocycles. The lowest BCUT2D eigenvalue weighted by Gasteiger charge is -2.01.